The fraction of sp³-hybridized carbons (Fsp3) is 0.0930. The van der Waals surface area contributed by atoms with Crippen LogP contribution in [0.25, 0.3) is 82.5 Å². The van der Waals surface area contributed by atoms with Gasteiger partial charge in [0, 0.05) is 71.5 Å². The zero-order chi connectivity index (χ0) is 62.4. The molecule has 0 spiro atoms. The summed E-state index contributed by atoms with van der Waals surface area (Å²) in [7, 11) is -4.15. The molecule has 5 heteroatoms. The minimum atomic E-state index is -2.07. The SMILES string of the molecule is CC.CC.Cc1ccc2c(c1)c1cc(C)ccc1n2-c1cc(-n2c3ccc(C)cc3c3cc(C)ccc32)cc(-n2c3ccc(S(c4ccccc4)(c4ccccc4)c4ccccc4)cc3c3cc(S(c4ccccc4)(c4ccccc4)c4ccccc4)ccc32)c1. The van der Waals surface area contributed by atoms with Crippen molar-refractivity contribution in [3.05, 3.63) is 332 Å². The second-order valence-corrected chi connectivity index (χ2v) is 29.5. The maximum absolute atomic E-state index is 2.57. The van der Waals surface area contributed by atoms with Gasteiger partial charge in [-0.25, -0.2) is 0 Å². The van der Waals surface area contributed by atoms with Gasteiger partial charge in [0.2, 0.25) is 0 Å². The van der Waals surface area contributed by atoms with Crippen LogP contribution in [0.5, 0.6) is 0 Å². The average Bonchev–Trinajstić information content (AvgIpc) is 1.70. The summed E-state index contributed by atoms with van der Waals surface area (Å²) < 4.78 is 7.60. The number of aryl methyl sites for hydroxylation is 4. The van der Waals surface area contributed by atoms with Gasteiger partial charge in [0.05, 0.1) is 50.2 Å². The van der Waals surface area contributed by atoms with Crippen molar-refractivity contribution in [3.63, 3.8) is 0 Å². The Morgan fingerprint density at radius 2 is 0.374 bits per heavy atom. The lowest BCUT2D eigenvalue weighted by Gasteiger charge is -2.42. The van der Waals surface area contributed by atoms with E-state index in [9.17, 15) is 0 Å². The Morgan fingerprint density at radius 1 is 0.187 bits per heavy atom. The van der Waals surface area contributed by atoms with Gasteiger partial charge in [-0.1, -0.05) is 183 Å². The van der Waals surface area contributed by atoms with E-state index in [0.717, 1.165) is 28.1 Å². The highest BCUT2D eigenvalue weighted by Crippen LogP contribution is 2.75. The van der Waals surface area contributed by atoms with Crippen LogP contribution in [0.2, 0.25) is 0 Å². The van der Waals surface area contributed by atoms with Crippen molar-refractivity contribution >= 4 is 85.5 Å². The third-order valence-electron chi connectivity index (χ3n) is 17.8. The van der Waals surface area contributed by atoms with E-state index < -0.39 is 20.1 Å². The van der Waals surface area contributed by atoms with Gasteiger partial charge in [0.25, 0.3) is 0 Å². The second kappa shape index (κ2) is 24.4. The summed E-state index contributed by atoms with van der Waals surface area (Å²) >= 11 is 0. The standard InChI is InChI=1S/C82H63N3S2.2C2H6/c1-56-35-41-77-71(47-56)72-48-57(2)36-42-78(72)83(77)60-51-61(84-79-43-37-58(3)49-73(79)74-50-59(4)38-44-80(74)84)53-62(52-60)85-81-45-39-69(86(63-23-11-5-12-24-63,64-25-13-6-14-26-64)65-27-15-7-16-28-65)54-75(81)76-55-70(40-46-82(76)85)87(66-29-17-8-18-30-66,67-31-19-9-20-32-67)68-33-21-10-22-34-68;2*1-2/h5-55H,1-4H3;2*1-2H3. The normalized spacial score (nSPS) is 12.1. The molecule has 0 bridgehead atoms. The molecule has 0 fully saturated rings. The number of hydrogen-bond donors (Lipinski definition) is 0. The lowest BCUT2D eigenvalue weighted by atomic mass is 10.1. The third kappa shape index (κ3) is 9.69. The zero-order valence-electron chi connectivity index (χ0n) is 53.1. The summed E-state index contributed by atoms with van der Waals surface area (Å²) in [5.74, 6) is 0. The highest BCUT2D eigenvalue weighted by molar-refractivity contribution is 8.34. The summed E-state index contributed by atoms with van der Waals surface area (Å²) in [6.07, 6.45) is 0. The van der Waals surface area contributed by atoms with Crippen molar-refractivity contribution in [1.29, 1.82) is 0 Å². The van der Waals surface area contributed by atoms with Gasteiger partial charge in [-0.3, -0.25) is 0 Å². The van der Waals surface area contributed by atoms with E-state index in [1.165, 1.54) is 116 Å². The third-order valence-corrected chi connectivity index (χ3v) is 25.6. The summed E-state index contributed by atoms with van der Waals surface area (Å²) in [5, 5.41) is 7.41. The van der Waals surface area contributed by atoms with E-state index in [4.69, 9.17) is 0 Å². The maximum Gasteiger partial charge on any atom is 0.0541 e. The van der Waals surface area contributed by atoms with Crippen molar-refractivity contribution in [2.45, 2.75) is 94.6 Å². The molecular weight excluding hydrogens is 1140 g/mol. The molecule has 0 saturated carbocycles. The monoisotopic (exact) mass is 1210 g/mol. The van der Waals surface area contributed by atoms with Crippen LogP contribution in [-0.4, -0.2) is 13.7 Å². The fourth-order valence-electron chi connectivity index (χ4n) is 14.0. The molecule has 0 unspecified atom stereocenters. The number of fused-ring (bicyclic) bond motifs is 9. The van der Waals surface area contributed by atoms with Crippen LogP contribution in [0, 0.1) is 27.7 Å². The van der Waals surface area contributed by atoms with Gasteiger partial charge in [0.15, 0.2) is 0 Å². The van der Waals surface area contributed by atoms with Crippen molar-refractivity contribution in [3.8, 4) is 17.1 Å². The van der Waals surface area contributed by atoms with Crippen molar-refractivity contribution < 1.29 is 0 Å². The molecule has 0 aliphatic carbocycles. The summed E-state index contributed by atoms with van der Waals surface area (Å²) in [5.41, 5.74) is 15.2. The molecule has 3 heterocycles. The molecule has 0 N–H and O–H groups in total. The van der Waals surface area contributed by atoms with Gasteiger partial charge >= 0.3 is 0 Å². The number of aromatic nitrogens is 3. The predicted octanol–water partition coefficient (Wildman–Crippen LogP) is 24.9. The minimum absolute atomic E-state index is 1.08. The molecule has 16 rings (SSSR count). The topological polar surface area (TPSA) is 14.8 Å². The van der Waals surface area contributed by atoms with E-state index in [1.807, 2.05) is 27.7 Å². The molecule has 3 nitrogen and oxygen atoms in total. The van der Waals surface area contributed by atoms with Crippen LogP contribution in [0.3, 0.4) is 0 Å². The van der Waals surface area contributed by atoms with E-state index in [-0.39, 0.29) is 0 Å². The van der Waals surface area contributed by atoms with Crippen molar-refractivity contribution in [1.82, 2.24) is 13.7 Å². The van der Waals surface area contributed by atoms with Gasteiger partial charge in [-0.2, -0.15) is 0 Å². The van der Waals surface area contributed by atoms with Crippen LogP contribution in [0.4, 0.5) is 0 Å². The van der Waals surface area contributed by atoms with Crippen LogP contribution in [0.1, 0.15) is 49.9 Å². The first-order valence-electron chi connectivity index (χ1n) is 32.0. The van der Waals surface area contributed by atoms with E-state index in [0.29, 0.717) is 0 Å². The van der Waals surface area contributed by atoms with Crippen LogP contribution in [-0.2, 0) is 0 Å². The molecule has 16 aromatic rings. The number of rotatable bonds is 11. The number of nitrogens with zero attached hydrogens (tertiary/aromatic N) is 3. The largest absolute Gasteiger partial charge is 0.309 e. The Kier molecular flexibility index (Phi) is 15.7. The second-order valence-electron chi connectivity index (χ2n) is 23.3. The highest BCUT2D eigenvalue weighted by Gasteiger charge is 2.36. The summed E-state index contributed by atoms with van der Waals surface area (Å²) in [4.78, 5) is 10.3. The molecule has 0 saturated heterocycles. The first-order valence-corrected chi connectivity index (χ1v) is 35.3. The molecule has 0 amide bonds. The molecular formula is C86H75N3S2. The van der Waals surface area contributed by atoms with Crippen molar-refractivity contribution in [2.24, 2.45) is 0 Å². The molecule has 0 aliphatic rings. The van der Waals surface area contributed by atoms with Crippen LogP contribution >= 0.6 is 20.1 Å². The maximum atomic E-state index is 2.57. The van der Waals surface area contributed by atoms with Crippen molar-refractivity contribution in [2.75, 3.05) is 0 Å². The first kappa shape index (κ1) is 58.6. The molecule has 13 aromatic carbocycles. The highest BCUT2D eigenvalue weighted by atomic mass is 32.3. The van der Waals surface area contributed by atoms with Gasteiger partial charge in [-0.05, 0) is 204 Å². The Balaban J connectivity index is 0.00000177. The Bertz CT molecular complexity index is 4660. The Morgan fingerprint density at radius 3 is 0.582 bits per heavy atom. The average molecular weight is 1210 g/mol. The zero-order valence-corrected chi connectivity index (χ0v) is 54.7. The predicted molar refractivity (Wildman–Crippen MR) is 391 cm³/mol. The van der Waals surface area contributed by atoms with Gasteiger partial charge in [-0.15, -0.1) is 20.1 Å². The lowest BCUT2D eigenvalue weighted by molar-refractivity contribution is 1.09. The smallest absolute Gasteiger partial charge is 0.0541 e. The lowest BCUT2D eigenvalue weighted by Crippen LogP contribution is -2.05. The quantitative estimate of drug-likeness (QED) is 0.123. The molecule has 91 heavy (non-hydrogen) atoms. The number of benzene rings is 13. The van der Waals surface area contributed by atoms with E-state index in [1.54, 1.807) is 0 Å². The van der Waals surface area contributed by atoms with E-state index >= 15 is 0 Å². The van der Waals surface area contributed by atoms with Gasteiger partial charge < -0.3 is 13.7 Å². The molecule has 0 aliphatic heterocycles. The molecule has 446 valence electrons. The Labute approximate surface area is 538 Å². The summed E-state index contributed by atoms with van der Waals surface area (Å²) in [6, 6.07) is 118. The first-order chi connectivity index (χ1) is 44.8. The van der Waals surface area contributed by atoms with Crippen LogP contribution < -0.4 is 0 Å². The van der Waals surface area contributed by atoms with E-state index in [2.05, 4.69) is 351 Å². The number of hydrogen-bond acceptors (Lipinski definition) is 0. The van der Waals surface area contributed by atoms with Gasteiger partial charge in [0.1, 0.15) is 0 Å². The molecule has 3 aromatic heterocycles. The van der Waals surface area contributed by atoms with Crippen LogP contribution in [0.15, 0.2) is 349 Å². The molecule has 0 atom stereocenters. The minimum Gasteiger partial charge on any atom is -0.309 e. The summed E-state index contributed by atoms with van der Waals surface area (Å²) in [6.45, 7) is 16.8. The Hall–Kier alpha value is -10.0. The molecule has 0 radical (unpaired) electrons. The fourth-order valence-corrected chi connectivity index (χ4v) is 21.8.